The van der Waals surface area contributed by atoms with Crippen molar-refractivity contribution in [2.24, 2.45) is 5.92 Å². The summed E-state index contributed by atoms with van der Waals surface area (Å²) in [6.07, 6.45) is -3.77. The van der Waals surface area contributed by atoms with Crippen molar-refractivity contribution in [3.05, 3.63) is 29.3 Å². The molecule has 1 atom stereocenters. The number of benzene rings is 1. The van der Waals surface area contributed by atoms with Crippen LogP contribution in [-0.4, -0.2) is 37.6 Å². The molecular weight excluding hydrogens is 285 g/mol. The summed E-state index contributed by atoms with van der Waals surface area (Å²) in [5.74, 6) is -0.172. The first-order chi connectivity index (χ1) is 9.82. The van der Waals surface area contributed by atoms with Crippen molar-refractivity contribution < 1.29 is 22.7 Å². The standard InChI is InChI=1S/C14H17F3N2O2/c1-21-8-9-4-5-19(7-9)13(20)10-2-3-12(18)11(6-10)14(15,16)17/h2-3,6,9H,4-5,7-8,18H2,1H3. The zero-order valence-electron chi connectivity index (χ0n) is 11.6. The molecule has 116 valence electrons. The second-order valence-electron chi connectivity index (χ2n) is 5.16. The normalized spacial score (nSPS) is 19.0. The number of carbonyl (C=O) groups excluding carboxylic acids is 1. The number of carbonyl (C=O) groups is 1. The fraction of sp³-hybridized carbons (Fsp3) is 0.500. The molecule has 4 nitrogen and oxygen atoms in total. The van der Waals surface area contributed by atoms with E-state index in [4.69, 9.17) is 10.5 Å². The van der Waals surface area contributed by atoms with Crippen LogP contribution in [0.15, 0.2) is 18.2 Å². The Morgan fingerprint density at radius 1 is 1.48 bits per heavy atom. The third-order valence-corrected chi connectivity index (χ3v) is 3.58. The van der Waals surface area contributed by atoms with E-state index in [9.17, 15) is 18.0 Å². The maximum Gasteiger partial charge on any atom is 0.418 e. The topological polar surface area (TPSA) is 55.6 Å². The van der Waals surface area contributed by atoms with E-state index in [1.165, 1.54) is 6.07 Å². The zero-order chi connectivity index (χ0) is 15.6. The Labute approximate surface area is 120 Å². The SMILES string of the molecule is COCC1CCN(C(=O)c2ccc(N)c(C(F)(F)F)c2)C1. The van der Waals surface area contributed by atoms with Crippen LogP contribution in [0, 0.1) is 5.92 Å². The Kier molecular flexibility index (Phi) is 4.41. The predicted molar refractivity (Wildman–Crippen MR) is 71.7 cm³/mol. The van der Waals surface area contributed by atoms with E-state index >= 15 is 0 Å². The lowest BCUT2D eigenvalue weighted by Gasteiger charge is -2.18. The second-order valence-corrected chi connectivity index (χ2v) is 5.16. The highest BCUT2D eigenvalue weighted by molar-refractivity contribution is 5.95. The van der Waals surface area contributed by atoms with E-state index in [2.05, 4.69) is 0 Å². The minimum Gasteiger partial charge on any atom is -0.398 e. The lowest BCUT2D eigenvalue weighted by molar-refractivity contribution is -0.136. The van der Waals surface area contributed by atoms with Gasteiger partial charge in [-0.3, -0.25) is 4.79 Å². The van der Waals surface area contributed by atoms with Gasteiger partial charge in [0.2, 0.25) is 0 Å². The molecule has 1 saturated heterocycles. The first-order valence-corrected chi connectivity index (χ1v) is 6.58. The summed E-state index contributed by atoms with van der Waals surface area (Å²) in [5, 5.41) is 0. The molecule has 0 bridgehead atoms. The molecule has 1 aromatic rings. The van der Waals surface area contributed by atoms with Crippen molar-refractivity contribution in [3.63, 3.8) is 0 Å². The number of alkyl halides is 3. The number of nitrogen functional groups attached to an aromatic ring is 1. The van der Waals surface area contributed by atoms with Gasteiger partial charge in [-0.15, -0.1) is 0 Å². The molecule has 7 heteroatoms. The quantitative estimate of drug-likeness (QED) is 0.872. The number of nitrogens with zero attached hydrogens (tertiary/aromatic N) is 1. The predicted octanol–water partition coefficient (Wildman–Crippen LogP) is 2.40. The van der Waals surface area contributed by atoms with E-state index in [1.54, 1.807) is 12.0 Å². The number of hydrogen-bond donors (Lipinski definition) is 1. The van der Waals surface area contributed by atoms with Crippen LogP contribution in [-0.2, 0) is 10.9 Å². The maximum absolute atomic E-state index is 12.8. The van der Waals surface area contributed by atoms with Crippen LogP contribution in [0.3, 0.4) is 0 Å². The molecule has 2 rings (SSSR count). The van der Waals surface area contributed by atoms with Gasteiger partial charge in [-0.25, -0.2) is 0 Å². The fourth-order valence-electron chi connectivity index (χ4n) is 2.51. The molecule has 21 heavy (non-hydrogen) atoms. The average Bonchev–Trinajstić information content (AvgIpc) is 2.86. The number of likely N-dealkylation sites (tertiary alicyclic amines) is 1. The van der Waals surface area contributed by atoms with E-state index in [0.29, 0.717) is 19.7 Å². The van der Waals surface area contributed by atoms with Crippen LogP contribution in [0.2, 0.25) is 0 Å². The van der Waals surface area contributed by atoms with Crippen LogP contribution in [0.1, 0.15) is 22.3 Å². The average molecular weight is 302 g/mol. The summed E-state index contributed by atoms with van der Waals surface area (Å²) < 4.78 is 43.5. The summed E-state index contributed by atoms with van der Waals surface area (Å²) >= 11 is 0. The van der Waals surface area contributed by atoms with Gasteiger partial charge in [0, 0.05) is 37.4 Å². The summed E-state index contributed by atoms with van der Waals surface area (Å²) in [7, 11) is 1.58. The molecule has 1 aliphatic rings. The number of anilines is 1. The Bertz CT molecular complexity index is 531. The summed E-state index contributed by atoms with van der Waals surface area (Å²) in [5.41, 5.74) is 3.99. The third-order valence-electron chi connectivity index (χ3n) is 3.58. The maximum atomic E-state index is 12.8. The van der Waals surface area contributed by atoms with Crippen LogP contribution in [0.5, 0.6) is 0 Å². The first-order valence-electron chi connectivity index (χ1n) is 6.58. The number of hydrogen-bond acceptors (Lipinski definition) is 3. The zero-order valence-corrected chi connectivity index (χ0v) is 11.6. The number of methoxy groups -OCH3 is 1. The Balaban J connectivity index is 2.17. The van der Waals surface area contributed by atoms with Gasteiger partial charge in [0.05, 0.1) is 12.2 Å². The van der Waals surface area contributed by atoms with Gasteiger partial charge in [0.1, 0.15) is 0 Å². The van der Waals surface area contributed by atoms with E-state index < -0.39 is 17.6 Å². The van der Waals surface area contributed by atoms with Crippen LogP contribution >= 0.6 is 0 Å². The highest BCUT2D eigenvalue weighted by atomic mass is 19.4. The van der Waals surface area contributed by atoms with Crippen LogP contribution < -0.4 is 5.73 Å². The molecule has 2 N–H and O–H groups in total. The van der Waals surface area contributed by atoms with Crippen molar-refractivity contribution >= 4 is 11.6 Å². The number of nitrogens with two attached hydrogens (primary N) is 1. The Morgan fingerprint density at radius 2 is 2.19 bits per heavy atom. The van der Waals surface area contributed by atoms with Crippen molar-refractivity contribution in [1.82, 2.24) is 4.90 Å². The van der Waals surface area contributed by atoms with Gasteiger partial charge in [0.15, 0.2) is 0 Å². The number of ether oxygens (including phenoxy) is 1. The molecule has 1 unspecified atom stereocenters. The van der Waals surface area contributed by atoms with Crippen LogP contribution in [0.4, 0.5) is 18.9 Å². The van der Waals surface area contributed by atoms with Gasteiger partial charge in [-0.05, 0) is 24.6 Å². The van der Waals surface area contributed by atoms with E-state index in [-0.39, 0.29) is 17.2 Å². The number of halogens is 3. The van der Waals surface area contributed by atoms with E-state index in [1.807, 2.05) is 0 Å². The third kappa shape index (κ3) is 3.47. The van der Waals surface area contributed by atoms with Crippen molar-refractivity contribution in [3.8, 4) is 0 Å². The minimum atomic E-state index is -4.57. The van der Waals surface area contributed by atoms with Crippen molar-refractivity contribution in [2.75, 3.05) is 32.5 Å². The fourth-order valence-corrected chi connectivity index (χ4v) is 2.51. The van der Waals surface area contributed by atoms with Gasteiger partial charge >= 0.3 is 6.18 Å². The molecule has 0 saturated carbocycles. The summed E-state index contributed by atoms with van der Waals surface area (Å²) in [4.78, 5) is 13.8. The van der Waals surface area contributed by atoms with Gasteiger partial charge in [-0.2, -0.15) is 13.2 Å². The van der Waals surface area contributed by atoms with E-state index in [0.717, 1.165) is 18.6 Å². The highest BCUT2D eigenvalue weighted by Gasteiger charge is 2.34. The van der Waals surface area contributed by atoms with Gasteiger partial charge < -0.3 is 15.4 Å². The van der Waals surface area contributed by atoms with Gasteiger partial charge in [-0.1, -0.05) is 0 Å². The summed E-state index contributed by atoms with van der Waals surface area (Å²) in [6, 6.07) is 3.27. The molecule has 0 aromatic heterocycles. The van der Waals surface area contributed by atoms with Crippen LogP contribution in [0.25, 0.3) is 0 Å². The Hall–Kier alpha value is -1.76. The van der Waals surface area contributed by atoms with Gasteiger partial charge in [0.25, 0.3) is 5.91 Å². The first kappa shape index (κ1) is 15.6. The molecule has 0 spiro atoms. The molecular formula is C14H17F3N2O2. The summed E-state index contributed by atoms with van der Waals surface area (Å²) in [6.45, 7) is 1.57. The lowest BCUT2D eigenvalue weighted by atomic mass is 10.1. The lowest BCUT2D eigenvalue weighted by Crippen LogP contribution is -2.29. The largest absolute Gasteiger partial charge is 0.418 e. The smallest absolute Gasteiger partial charge is 0.398 e. The number of amides is 1. The van der Waals surface area contributed by atoms with Crippen molar-refractivity contribution in [2.45, 2.75) is 12.6 Å². The minimum absolute atomic E-state index is 0.00888. The van der Waals surface area contributed by atoms with Crippen molar-refractivity contribution in [1.29, 1.82) is 0 Å². The molecule has 1 aromatic carbocycles. The molecule has 0 radical (unpaired) electrons. The molecule has 1 amide bonds. The molecule has 1 aliphatic heterocycles. The molecule has 0 aliphatic carbocycles. The Morgan fingerprint density at radius 3 is 2.81 bits per heavy atom. The second kappa shape index (κ2) is 5.93. The number of rotatable bonds is 3. The highest BCUT2D eigenvalue weighted by Crippen LogP contribution is 2.34. The molecule has 1 fully saturated rings. The molecule has 1 heterocycles. The monoisotopic (exact) mass is 302 g/mol.